The average Bonchev–Trinajstić information content (AvgIpc) is 3.22. The third kappa shape index (κ3) is 7.12. The summed E-state index contributed by atoms with van der Waals surface area (Å²) in [5.41, 5.74) is 3.07. The Bertz CT molecular complexity index is 1070. The van der Waals surface area contributed by atoms with Crippen LogP contribution in [0.4, 0.5) is 4.79 Å². The van der Waals surface area contributed by atoms with Crippen molar-refractivity contribution >= 4 is 6.09 Å². The largest absolute Gasteiger partial charge is 0.412 e. The summed E-state index contributed by atoms with van der Waals surface area (Å²) in [6.07, 6.45) is 2.36. The van der Waals surface area contributed by atoms with E-state index in [-0.39, 0.29) is 6.04 Å². The number of aromatic nitrogens is 4. The molecule has 3 aromatic rings. The van der Waals surface area contributed by atoms with Gasteiger partial charge in [0, 0.05) is 18.5 Å². The highest BCUT2D eigenvalue weighted by molar-refractivity contribution is 5.74. The molecule has 0 saturated heterocycles. The van der Waals surface area contributed by atoms with E-state index in [4.69, 9.17) is 4.74 Å². The standard InChI is InChI=1S/C25H33N5O3/c1-6-23-27-28-29-30(23)21-14-20(19-11-9-17(2)10-12-19)15-22(16-21)33-24(31)26-18(3)8-7-13-25(4,5)32/h9-12,14-16,18,32H,6-8,13H2,1-5H3,(H,26,31). The van der Waals surface area contributed by atoms with Crippen molar-refractivity contribution in [1.29, 1.82) is 0 Å². The van der Waals surface area contributed by atoms with Crippen LogP contribution in [0.5, 0.6) is 5.75 Å². The Morgan fingerprint density at radius 2 is 1.91 bits per heavy atom. The molecule has 0 aliphatic carbocycles. The predicted molar refractivity (Wildman–Crippen MR) is 127 cm³/mol. The van der Waals surface area contributed by atoms with E-state index in [0.717, 1.165) is 35.2 Å². The number of nitrogens with zero attached hydrogens (tertiary/aromatic N) is 4. The van der Waals surface area contributed by atoms with Gasteiger partial charge in [0.15, 0.2) is 5.82 Å². The fraction of sp³-hybridized carbons (Fsp3) is 0.440. The van der Waals surface area contributed by atoms with Crippen molar-refractivity contribution in [3.63, 3.8) is 0 Å². The van der Waals surface area contributed by atoms with Gasteiger partial charge in [0.05, 0.1) is 11.3 Å². The minimum atomic E-state index is -0.708. The molecular formula is C25H33N5O3. The summed E-state index contributed by atoms with van der Waals surface area (Å²) >= 11 is 0. The molecule has 0 radical (unpaired) electrons. The number of ether oxygens (including phenoxy) is 1. The van der Waals surface area contributed by atoms with Crippen LogP contribution in [0.25, 0.3) is 16.8 Å². The second kappa shape index (κ2) is 10.6. The van der Waals surface area contributed by atoms with Gasteiger partial charge in [-0.1, -0.05) is 36.8 Å². The van der Waals surface area contributed by atoms with Gasteiger partial charge < -0.3 is 15.2 Å². The summed E-state index contributed by atoms with van der Waals surface area (Å²) < 4.78 is 7.30. The molecule has 3 rings (SSSR count). The molecular weight excluding hydrogens is 418 g/mol. The van der Waals surface area contributed by atoms with Crippen LogP contribution in [0.2, 0.25) is 0 Å². The molecule has 0 fully saturated rings. The lowest BCUT2D eigenvalue weighted by Gasteiger charge is -2.19. The van der Waals surface area contributed by atoms with Crippen molar-refractivity contribution in [2.24, 2.45) is 0 Å². The van der Waals surface area contributed by atoms with E-state index in [2.05, 4.69) is 20.8 Å². The van der Waals surface area contributed by atoms with E-state index >= 15 is 0 Å². The monoisotopic (exact) mass is 451 g/mol. The van der Waals surface area contributed by atoms with Crippen LogP contribution >= 0.6 is 0 Å². The number of benzene rings is 2. The number of rotatable bonds is 9. The van der Waals surface area contributed by atoms with Gasteiger partial charge in [0.2, 0.25) is 0 Å². The maximum atomic E-state index is 12.6. The molecule has 2 N–H and O–H groups in total. The topological polar surface area (TPSA) is 102 Å². The van der Waals surface area contributed by atoms with Crippen LogP contribution in [0, 0.1) is 6.92 Å². The van der Waals surface area contributed by atoms with Crippen molar-refractivity contribution in [3.05, 3.63) is 53.9 Å². The van der Waals surface area contributed by atoms with E-state index in [9.17, 15) is 9.90 Å². The SMILES string of the molecule is CCc1nnnn1-c1cc(OC(=O)NC(C)CCCC(C)(C)O)cc(-c2ccc(C)cc2)c1. The van der Waals surface area contributed by atoms with E-state index in [1.807, 2.05) is 57.2 Å². The number of hydrogen-bond donors (Lipinski definition) is 2. The molecule has 2 aromatic carbocycles. The minimum Gasteiger partial charge on any atom is -0.410 e. The molecule has 0 bridgehead atoms. The molecule has 8 heteroatoms. The predicted octanol–water partition coefficient (Wildman–Crippen LogP) is 4.62. The van der Waals surface area contributed by atoms with Crippen LogP contribution < -0.4 is 10.1 Å². The van der Waals surface area contributed by atoms with E-state index < -0.39 is 11.7 Å². The van der Waals surface area contributed by atoms with Gasteiger partial charge in [0.25, 0.3) is 0 Å². The maximum absolute atomic E-state index is 12.6. The molecule has 1 unspecified atom stereocenters. The number of aliphatic hydroxyl groups is 1. The Morgan fingerprint density at radius 3 is 2.58 bits per heavy atom. The fourth-order valence-electron chi connectivity index (χ4n) is 3.55. The van der Waals surface area contributed by atoms with Crippen LogP contribution in [-0.4, -0.2) is 43.0 Å². The zero-order valence-electron chi connectivity index (χ0n) is 20.0. The van der Waals surface area contributed by atoms with Gasteiger partial charge in [-0.15, -0.1) is 5.10 Å². The Labute approximate surface area is 195 Å². The molecule has 176 valence electrons. The summed E-state index contributed by atoms with van der Waals surface area (Å²) in [4.78, 5) is 12.6. The first-order valence-corrected chi connectivity index (χ1v) is 11.3. The van der Waals surface area contributed by atoms with Crippen molar-refractivity contribution in [2.75, 3.05) is 0 Å². The Balaban J connectivity index is 1.80. The van der Waals surface area contributed by atoms with Crippen molar-refractivity contribution in [1.82, 2.24) is 25.5 Å². The van der Waals surface area contributed by atoms with Crippen LogP contribution in [0.3, 0.4) is 0 Å². The molecule has 1 amide bonds. The zero-order valence-corrected chi connectivity index (χ0v) is 20.0. The zero-order chi connectivity index (χ0) is 24.0. The lowest BCUT2D eigenvalue weighted by molar-refractivity contribution is 0.0676. The lowest BCUT2D eigenvalue weighted by Crippen LogP contribution is -2.35. The Hall–Kier alpha value is -3.26. The maximum Gasteiger partial charge on any atom is 0.412 e. The number of tetrazole rings is 1. The molecule has 1 aromatic heterocycles. The minimum absolute atomic E-state index is 0.0780. The van der Waals surface area contributed by atoms with E-state index in [1.165, 1.54) is 0 Å². The van der Waals surface area contributed by atoms with Crippen molar-refractivity contribution in [2.45, 2.75) is 71.9 Å². The Morgan fingerprint density at radius 1 is 1.18 bits per heavy atom. The second-order valence-corrected chi connectivity index (χ2v) is 9.08. The molecule has 0 aliphatic rings. The Kier molecular flexibility index (Phi) is 7.81. The summed E-state index contributed by atoms with van der Waals surface area (Å²) in [6, 6.07) is 13.6. The fourth-order valence-corrected chi connectivity index (χ4v) is 3.55. The van der Waals surface area contributed by atoms with Gasteiger partial charge in [-0.3, -0.25) is 0 Å². The lowest BCUT2D eigenvalue weighted by atomic mass is 10.00. The number of hydrogen-bond acceptors (Lipinski definition) is 6. The van der Waals surface area contributed by atoms with Crippen LogP contribution in [-0.2, 0) is 6.42 Å². The third-order valence-corrected chi connectivity index (χ3v) is 5.37. The number of carbonyl (C=O) groups is 1. The summed E-state index contributed by atoms with van der Waals surface area (Å²) in [6.45, 7) is 9.51. The summed E-state index contributed by atoms with van der Waals surface area (Å²) in [5, 5.41) is 24.7. The average molecular weight is 452 g/mol. The number of carbonyl (C=O) groups excluding carboxylic acids is 1. The van der Waals surface area contributed by atoms with E-state index in [1.54, 1.807) is 24.6 Å². The summed E-state index contributed by atoms with van der Waals surface area (Å²) in [5.74, 6) is 1.12. The summed E-state index contributed by atoms with van der Waals surface area (Å²) in [7, 11) is 0. The van der Waals surface area contributed by atoms with Crippen LogP contribution in [0.15, 0.2) is 42.5 Å². The molecule has 0 aliphatic heterocycles. The second-order valence-electron chi connectivity index (χ2n) is 9.08. The first kappa shape index (κ1) is 24.4. The van der Waals surface area contributed by atoms with Crippen molar-refractivity contribution in [3.8, 4) is 22.6 Å². The van der Waals surface area contributed by atoms with Crippen molar-refractivity contribution < 1.29 is 14.6 Å². The first-order chi connectivity index (χ1) is 15.6. The van der Waals surface area contributed by atoms with Gasteiger partial charge in [0.1, 0.15) is 5.75 Å². The molecule has 33 heavy (non-hydrogen) atoms. The van der Waals surface area contributed by atoms with Gasteiger partial charge >= 0.3 is 6.09 Å². The van der Waals surface area contributed by atoms with Gasteiger partial charge in [-0.25, -0.2) is 4.79 Å². The number of aryl methyl sites for hydroxylation is 2. The van der Waals surface area contributed by atoms with Crippen LogP contribution in [0.1, 0.15) is 58.3 Å². The van der Waals surface area contributed by atoms with E-state index in [0.29, 0.717) is 24.4 Å². The quantitative estimate of drug-likeness (QED) is 0.492. The normalized spacial score (nSPS) is 12.4. The highest BCUT2D eigenvalue weighted by atomic mass is 16.6. The highest BCUT2D eigenvalue weighted by Gasteiger charge is 2.16. The molecule has 1 atom stereocenters. The van der Waals surface area contributed by atoms with Gasteiger partial charge in [-0.2, -0.15) is 4.68 Å². The third-order valence-electron chi connectivity index (χ3n) is 5.37. The molecule has 8 nitrogen and oxygen atoms in total. The molecule has 0 spiro atoms. The number of nitrogens with one attached hydrogen (secondary N) is 1. The highest BCUT2D eigenvalue weighted by Crippen LogP contribution is 2.28. The van der Waals surface area contributed by atoms with Gasteiger partial charge in [-0.05, 0) is 80.6 Å². The molecule has 1 heterocycles. The first-order valence-electron chi connectivity index (χ1n) is 11.3. The molecule has 0 saturated carbocycles. The number of amides is 1. The smallest absolute Gasteiger partial charge is 0.410 e.